The lowest BCUT2D eigenvalue weighted by Crippen LogP contribution is -2.24. The predicted molar refractivity (Wildman–Crippen MR) is 76.1 cm³/mol. The fraction of sp³-hybridized carbons (Fsp3) is 0.125. The Morgan fingerprint density at radius 2 is 2.14 bits per heavy atom. The topological polar surface area (TPSA) is 77.5 Å². The Hall–Kier alpha value is -3.02. The molecule has 1 aromatic carbocycles. The van der Waals surface area contributed by atoms with Crippen molar-refractivity contribution in [3.05, 3.63) is 59.7 Å². The van der Waals surface area contributed by atoms with Crippen LogP contribution in [0.2, 0.25) is 0 Å². The molecule has 0 saturated carbocycles. The van der Waals surface area contributed by atoms with Gasteiger partial charge in [0.2, 0.25) is 0 Å². The quantitative estimate of drug-likeness (QED) is 0.804. The van der Waals surface area contributed by atoms with Gasteiger partial charge in [0.25, 0.3) is 5.91 Å². The van der Waals surface area contributed by atoms with Crippen LogP contribution in [0.3, 0.4) is 0 Å². The molecular formula is C16H12N2O4. The molecule has 0 saturated heterocycles. The van der Waals surface area contributed by atoms with Gasteiger partial charge in [-0.05, 0) is 24.3 Å². The van der Waals surface area contributed by atoms with Gasteiger partial charge in [-0.15, -0.1) is 0 Å². The monoisotopic (exact) mass is 296 g/mol. The van der Waals surface area contributed by atoms with Crippen LogP contribution in [0.25, 0.3) is 11.3 Å². The summed E-state index contributed by atoms with van der Waals surface area (Å²) in [5.41, 5.74) is 1.72. The van der Waals surface area contributed by atoms with Gasteiger partial charge < -0.3 is 19.0 Å². The largest absolute Gasteiger partial charge is 0.488 e. The minimum Gasteiger partial charge on any atom is -0.488 e. The summed E-state index contributed by atoms with van der Waals surface area (Å²) in [6, 6.07) is 11.1. The van der Waals surface area contributed by atoms with Gasteiger partial charge in [-0.1, -0.05) is 17.3 Å². The number of carbonyl (C=O) groups is 1. The third-order valence-electron chi connectivity index (χ3n) is 3.51. The summed E-state index contributed by atoms with van der Waals surface area (Å²) in [6.07, 6.45) is 1.56. The number of nitrogens with one attached hydrogen (secondary N) is 1. The first-order chi connectivity index (χ1) is 10.8. The van der Waals surface area contributed by atoms with E-state index in [-0.39, 0.29) is 18.2 Å². The van der Waals surface area contributed by atoms with E-state index in [4.69, 9.17) is 13.7 Å². The van der Waals surface area contributed by atoms with Crippen molar-refractivity contribution in [3.8, 4) is 17.1 Å². The molecule has 1 aliphatic rings. The highest BCUT2D eigenvalue weighted by Gasteiger charge is 2.28. The van der Waals surface area contributed by atoms with Crippen molar-refractivity contribution in [2.24, 2.45) is 0 Å². The molecule has 0 bridgehead atoms. The van der Waals surface area contributed by atoms with Gasteiger partial charge in [-0.2, -0.15) is 0 Å². The molecule has 0 aliphatic carbocycles. The molecule has 0 unspecified atom stereocenters. The van der Waals surface area contributed by atoms with Gasteiger partial charge in [0, 0.05) is 0 Å². The molecule has 22 heavy (non-hydrogen) atoms. The number of nitrogens with zero attached hydrogens (tertiary/aromatic N) is 1. The van der Waals surface area contributed by atoms with Gasteiger partial charge in [-0.25, -0.2) is 0 Å². The summed E-state index contributed by atoms with van der Waals surface area (Å²) < 4.78 is 16.2. The number of para-hydroxylation sites is 1. The maximum Gasteiger partial charge on any atom is 0.274 e. The van der Waals surface area contributed by atoms with Crippen LogP contribution in [0.1, 0.15) is 21.8 Å². The Morgan fingerprint density at radius 1 is 1.23 bits per heavy atom. The molecule has 4 rings (SSSR count). The van der Waals surface area contributed by atoms with Crippen LogP contribution in [-0.2, 0) is 13.2 Å². The Labute approximate surface area is 125 Å². The predicted octanol–water partition coefficient (Wildman–Crippen LogP) is 2.76. The van der Waals surface area contributed by atoms with E-state index in [2.05, 4.69) is 10.5 Å². The molecular weight excluding hydrogens is 284 g/mol. The highest BCUT2D eigenvalue weighted by molar-refractivity contribution is 5.95. The Balaban J connectivity index is 1.60. The first-order valence-electron chi connectivity index (χ1n) is 6.84. The zero-order valence-corrected chi connectivity index (χ0v) is 11.5. The molecule has 6 nitrogen and oxygen atoms in total. The number of amides is 1. The smallest absolute Gasteiger partial charge is 0.274 e. The van der Waals surface area contributed by atoms with Gasteiger partial charge in [-0.3, -0.25) is 4.79 Å². The second kappa shape index (κ2) is 5.07. The number of hydrogen-bond donors (Lipinski definition) is 1. The van der Waals surface area contributed by atoms with Crippen molar-refractivity contribution in [2.75, 3.05) is 0 Å². The zero-order chi connectivity index (χ0) is 14.9. The fourth-order valence-electron chi connectivity index (χ4n) is 2.43. The van der Waals surface area contributed by atoms with Crippen molar-refractivity contribution in [1.82, 2.24) is 10.5 Å². The van der Waals surface area contributed by atoms with Crippen LogP contribution in [0.4, 0.5) is 0 Å². The summed E-state index contributed by atoms with van der Waals surface area (Å²) in [7, 11) is 0. The van der Waals surface area contributed by atoms with Crippen molar-refractivity contribution in [1.29, 1.82) is 0 Å². The number of benzene rings is 1. The Bertz CT molecular complexity index is 821. The fourth-order valence-corrected chi connectivity index (χ4v) is 2.43. The van der Waals surface area contributed by atoms with Crippen molar-refractivity contribution >= 4 is 5.91 Å². The molecule has 2 aromatic heterocycles. The van der Waals surface area contributed by atoms with Gasteiger partial charge in [0.15, 0.2) is 11.5 Å². The summed E-state index contributed by atoms with van der Waals surface area (Å²) in [6.45, 7) is 0.560. The molecule has 3 aromatic rings. The lowest BCUT2D eigenvalue weighted by molar-refractivity contribution is 0.0937. The van der Waals surface area contributed by atoms with E-state index < -0.39 is 0 Å². The maximum absolute atomic E-state index is 12.3. The third kappa shape index (κ3) is 2.05. The molecule has 1 amide bonds. The molecule has 110 valence electrons. The highest BCUT2D eigenvalue weighted by atomic mass is 16.5. The molecule has 0 fully saturated rings. The Kier molecular flexibility index (Phi) is 2.93. The number of furan rings is 1. The number of carbonyl (C=O) groups excluding carboxylic acids is 1. The van der Waals surface area contributed by atoms with Gasteiger partial charge >= 0.3 is 0 Å². The highest BCUT2D eigenvalue weighted by Crippen LogP contribution is 2.38. The minimum atomic E-state index is -0.315. The molecule has 0 radical (unpaired) electrons. The van der Waals surface area contributed by atoms with Crippen molar-refractivity contribution in [2.45, 2.75) is 13.2 Å². The summed E-state index contributed by atoms with van der Waals surface area (Å²) in [4.78, 5) is 12.3. The van der Waals surface area contributed by atoms with Gasteiger partial charge in [0.05, 0.1) is 23.9 Å². The van der Waals surface area contributed by atoms with E-state index in [0.717, 1.165) is 11.3 Å². The molecule has 3 heterocycles. The minimum absolute atomic E-state index is 0.246. The molecule has 6 heteroatoms. The first kappa shape index (κ1) is 12.7. The van der Waals surface area contributed by atoms with Crippen LogP contribution in [0, 0.1) is 0 Å². The lowest BCUT2D eigenvalue weighted by Gasteiger charge is -2.15. The average Bonchev–Trinajstić information content (AvgIpc) is 3.22. The van der Waals surface area contributed by atoms with Crippen LogP contribution in [0.15, 0.2) is 51.6 Å². The number of fused-ring (bicyclic) bond motifs is 3. The van der Waals surface area contributed by atoms with Crippen LogP contribution in [0.5, 0.6) is 5.75 Å². The summed E-state index contributed by atoms with van der Waals surface area (Å²) in [5.74, 6) is 1.68. The number of rotatable bonds is 3. The lowest BCUT2D eigenvalue weighted by atomic mass is 10.0. The molecule has 0 spiro atoms. The van der Waals surface area contributed by atoms with E-state index >= 15 is 0 Å². The number of ether oxygens (including phenoxy) is 1. The summed E-state index contributed by atoms with van der Waals surface area (Å²) >= 11 is 0. The third-order valence-corrected chi connectivity index (χ3v) is 3.51. The van der Waals surface area contributed by atoms with E-state index in [0.29, 0.717) is 23.6 Å². The standard InChI is InChI=1S/C16H12N2O4/c19-16(17-8-10-4-3-7-20-10)14-12-9-21-13-6-2-1-5-11(13)15(12)22-18-14/h1-7H,8-9H2,(H,17,19). The van der Waals surface area contributed by atoms with E-state index in [9.17, 15) is 4.79 Å². The summed E-state index contributed by atoms with van der Waals surface area (Å²) in [5, 5.41) is 6.65. The van der Waals surface area contributed by atoms with Crippen LogP contribution >= 0.6 is 0 Å². The van der Waals surface area contributed by atoms with Crippen LogP contribution in [-0.4, -0.2) is 11.1 Å². The molecule has 1 N–H and O–H groups in total. The molecule has 0 atom stereocenters. The normalized spacial score (nSPS) is 12.2. The SMILES string of the molecule is O=C(NCc1ccco1)c1noc2c1COc1ccccc1-2. The van der Waals surface area contributed by atoms with Gasteiger partial charge in [0.1, 0.15) is 18.1 Å². The van der Waals surface area contributed by atoms with E-state index in [1.807, 2.05) is 24.3 Å². The number of aromatic nitrogens is 1. The zero-order valence-electron chi connectivity index (χ0n) is 11.5. The number of hydrogen-bond acceptors (Lipinski definition) is 5. The average molecular weight is 296 g/mol. The second-order valence-corrected chi connectivity index (χ2v) is 4.89. The van der Waals surface area contributed by atoms with Crippen molar-refractivity contribution in [3.63, 3.8) is 0 Å². The van der Waals surface area contributed by atoms with Crippen molar-refractivity contribution < 1.29 is 18.5 Å². The van der Waals surface area contributed by atoms with E-state index in [1.54, 1.807) is 18.4 Å². The Morgan fingerprint density at radius 3 is 3.00 bits per heavy atom. The first-order valence-corrected chi connectivity index (χ1v) is 6.84. The van der Waals surface area contributed by atoms with Crippen LogP contribution < -0.4 is 10.1 Å². The molecule has 1 aliphatic heterocycles. The second-order valence-electron chi connectivity index (χ2n) is 4.89. The van der Waals surface area contributed by atoms with E-state index in [1.165, 1.54) is 0 Å². The maximum atomic E-state index is 12.3.